The van der Waals surface area contributed by atoms with E-state index in [-0.39, 0.29) is 11.3 Å². The summed E-state index contributed by atoms with van der Waals surface area (Å²) in [6.45, 7) is 0.531. The van der Waals surface area contributed by atoms with Crippen molar-refractivity contribution in [1.82, 2.24) is 15.0 Å². The molecule has 3 N–H and O–H groups in total. The lowest BCUT2D eigenvalue weighted by atomic mass is 10.4. The number of aromatic amines is 1. The van der Waals surface area contributed by atoms with E-state index in [1.165, 1.54) is 29.1 Å². The zero-order valence-electron chi connectivity index (χ0n) is 9.21. The number of carbonyl (C=O) groups is 1. The van der Waals surface area contributed by atoms with E-state index >= 15 is 0 Å². The summed E-state index contributed by atoms with van der Waals surface area (Å²) in [6, 6.07) is 1.35. The van der Waals surface area contributed by atoms with Crippen molar-refractivity contribution in [3.63, 3.8) is 0 Å². The molecular formula is C10H10N4O3S. The molecule has 7 nitrogen and oxygen atoms in total. The van der Waals surface area contributed by atoms with E-state index < -0.39 is 5.97 Å². The predicted octanol–water partition coefficient (Wildman–Crippen LogP) is 0.579. The molecule has 0 bridgehead atoms. The highest BCUT2D eigenvalue weighted by Gasteiger charge is 2.08. The molecule has 2 heterocycles. The van der Waals surface area contributed by atoms with Gasteiger partial charge in [-0.05, 0) is 0 Å². The summed E-state index contributed by atoms with van der Waals surface area (Å²) in [5.74, 6) is -0.546. The molecule has 8 heteroatoms. The third-order valence-electron chi connectivity index (χ3n) is 2.09. The van der Waals surface area contributed by atoms with Crippen LogP contribution in [0.2, 0.25) is 0 Å². The third-order valence-corrected chi connectivity index (χ3v) is 3.00. The topological polar surface area (TPSA) is 108 Å². The SMILES string of the molecule is O=C(O)c1csc(CCNc2cc(=O)[nH]cn2)n1. The molecule has 0 radical (unpaired) electrons. The Labute approximate surface area is 106 Å². The van der Waals surface area contributed by atoms with E-state index in [4.69, 9.17) is 5.11 Å². The molecule has 0 aliphatic rings. The largest absolute Gasteiger partial charge is 0.476 e. The Hall–Kier alpha value is -2.22. The number of thiazole rings is 1. The first-order chi connectivity index (χ1) is 8.65. The van der Waals surface area contributed by atoms with Crippen molar-refractivity contribution >= 4 is 23.1 Å². The Kier molecular flexibility index (Phi) is 3.68. The standard InChI is InChI=1S/C10H10N4O3S/c15-8-3-7(12-5-13-8)11-2-1-9-14-6(4-18-9)10(16)17/h3-5H,1-2H2,(H,16,17)(H2,11,12,13,15). The van der Waals surface area contributed by atoms with E-state index in [1.54, 1.807) is 0 Å². The Morgan fingerprint density at radius 1 is 1.56 bits per heavy atom. The zero-order valence-corrected chi connectivity index (χ0v) is 10.0. The van der Waals surface area contributed by atoms with Crippen LogP contribution in [0.5, 0.6) is 0 Å². The van der Waals surface area contributed by atoms with Gasteiger partial charge in [-0.3, -0.25) is 4.79 Å². The minimum atomic E-state index is -1.03. The van der Waals surface area contributed by atoms with Crippen LogP contribution < -0.4 is 10.9 Å². The molecule has 2 aromatic rings. The molecule has 0 fully saturated rings. The first-order valence-corrected chi connectivity index (χ1v) is 5.99. The number of hydrogen-bond donors (Lipinski definition) is 3. The van der Waals surface area contributed by atoms with Gasteiger partial charge in [0, 0.05) is 24.4 Å². The number of carboxylic acids is 1. The second-order valence-corrected chi connectivity index (χ2v) is 4.35. The van der Waals surface area contributed by atoms with Crippen LogP contribution in [0.4, 0.5) is 5.82 Å². The second-order valence-electron chi connectivity index (χ2n) is 3.40. The van der Waals surface area contributed by atoms with Gasteiger partial charge in [-0.15, -0.1) is 11.3 Å². The van der Waals surface area contributed by atoms with Crippen molar-refractivity contribution in [3.05, 3.63) is 38.8 Å². The molecule has 0 amide bonds. The zero-order chi connectivity index (χ0) is 13.0. The number of H-pyrrole nitrogens is 1. The van der Waals surface area contributed by atoms with E-state index in [2.05, 4.69) is 20.3 Å². The van der Waals surface area contributed by atoms with Crippen LogP contribution in [0.25, 0.3) is 0 Å². The fourth-order valence-corrected chi connectivity index (χ4v) is 2.06. The number of hydrogen-bond acceptors (Lipinski definition) is 6. The van der Waals surface area contributed by atoms with Gasteiger partial charge in [-0.2, -0.15) is 0 Å². The molecule has 18 heavy (non-hydrogen) atoms. The summed E-state index contributed by atoms with van der Waals surface area (Å²) in [5, 5.41) is 13.9. The average Bonchev–Trinajstić information content (AvgIpc) is 2.78. The molecule has 0 aliphatic heterocycles. The Morgan fingerprint density at radius 2 is 2.39 bits per heavy atom. The fourth-order valence-electron chi connectivity index (χ4n) is 1.29. The number of nitrogens with one attached hydrogen (secondary N) is 2. The maximum Gasteiger partial charge on any atom is 0.355 e. The van der Waals surface area contributed by atoms with Crippen LogP contribution >= 0.6 is 11.3 Å². The summed E-state index contributed by atoms with van der Waals surface area (Å²) in [7, 11) is 0. The maximum absolute atomic E-state index is 11.0. The lowest BCUT2D eigenvalue weighted by Gasteiger charge is -2.02. The first kappa shape index (κ1) is 12.2. The molecule has 0 unspecified atom stereocenters. The highest BCUT2D eigenvalue weighted by molar-refractivity contribution is 7.09. The van der Waals surface area contributed by atoms with Crippen molar-refractivity contribution in [2.45, 2.75) is 6.42 Å². The van der Waals surface area contributed by atoms with Crippen LogP contribution in [0.3, 0.4) is 0 Å². The second kappa shape index (κ2) is 5.41. The lowest BCUT2D eigenvalue weighted by molar-refractivity contribution is 0.0691. The highest BCUT2D eigenvalue weighted by atomic mass is 32.1. The minimum Gasteiger partial charge on any atom is -0.476 e. The van der Waals surface area contributed by atoms with Crippen molar-refractivity contribution in [2.24, 2.45) is 0 Å². The molecule has 0 atom stereocenters. The summed E-state index contributed by atoms with van der Waals surface area (Å²) >= 11 is 1.30. The van der Waals surface area contributed by atoms with Gasteiger partial charge in [-0.1, -0.05) is 0 Å². The van der Waals surface area contributed by atoms with Crippen molar-refractivity contribution in [3.8, 4) is 0 Å². The monoisotopic (exact) mass is 266 g/mol. The van der Waals surface area contributed by atoms with Gasteiger partial charge < -0.3 is 15.4 Å². The van der Waals surface area contributed by atoms with Crippen LogP contribution in [-0.4, -0.2) is 32.6 Å². The fraction of sp³-hybridized carbons (Fsp3) is 0.200. The average molecular weight is 266 g/mol. The minimum absolute atomic E-state index is 0.0595. The molecule has 0 aromatic carbocycles. The van der Waals surface area contributed by atoms with Gasteiger partial charge in [0.05, 0.1) is 11.3 Å². The molecule has 2 aromatic heterocycles. The van der Waals surface area contributed by atoms with Crippen molar-refractivity contribution < 1.29 is 9.90 Å². The Morgan fingerprint density at radius 3 is 3.06 bits per heavy atom. The molecule has 94 valence electrons. The van der Waals surface area contributed by atoms with E-state index in [9.17, 15) is 9.59 Å². The summed E-state index contributed by atoms with van der Waals surface area (Å²) in [5.41, 5.74) is -0.167. The number of aromatic nitrogens is 3. The Balaban J connectivity index is 1.88. The van der Waals surface area contributed by atoms with Gasteiger partial charge in [0.25, 0.3) is 5.56 Å². The molecule has 0 aliphatic carbocycles. The van der Waals surface area contributed by atoms with E-state index in [0.29, 0.717) is 18.8 Å². The van der Waals surface area contributed by atoms with E-state index in [1.807, 2.05) is 0 Å². The number of nitrogens with zero attached hydrogens (tertiary/aromatic N) is 2. The molecule has 0 saturated carbocycles. The smallest absolute Gasteiger partial charge is 0.355 e. The van der Waals surface area contributed by atoms with E-state index in [0.717, 1.165) is 5.01 Å². The van der Waals surface area contributed by atoms with Crippen molar-refractivity contribution in [2.75, 3.05) is 11.9 Å². The molecule has 0 spiro atoms. The Bertz CT molecular complexity index is 607. The van der Waals surface area contributed by atoms with Gasteiger partial charge in [-0.25, -0.2) is 14.8 Å². The summed E-state index contributed by atoms with van der Waals surface area (Å²) in [4.78, 5) is 31.9. The molecule has 0 saturated heterocycles. The molecule has 2 rings (SSSR count). The van der Waals surface area contributed by atoms with Crippen molar-refractivity contribution in [1.29, 1.82) is 0 Å². The summed E-state index contributed by atoms with van der Waals surface area (Å²) in [6.07, 6.45) is 1.89. The third kappa shape index (κ3) is 3.14. The van der Waals surface area contributed by atoms with Gasteiger partial charge in [0.1, 0.15) is 5.82 Å². The van der Waals surface area contributed by atoms with Crippen LogP contribution in [-0.2, 0) is 6.42 Å². The van der Waals surface area contributed by atoms with Gasteiger partial charge >= 0.3 is 5.97 Å². The lowest BCUT2D eigenvalue weighted by Crippen LogP contribution is -2.11. The number of carboxylic acid groups (broad SMARTS) is 1. The van der Waals surface area contributed by atoms with Crippen LogP contribution in [0.15, 0.2) is 22.6 Å². The predicted molar refractivity (Wildman–Crippen MR) is 66.1 cm³/mol. The normalized spacial score (nSPS) is 10.2. The quantitative estimate of drug-likeness (QED) is 0.730. The first-order valence-electron chi connectivity index (χ1n) is 5.11. The number of anilines is 1. The van der Waals surface area contributed by atoms with Crippen LogP contribution in [0, 0.1) is 0 Å². The highest BCUT2D eigenvalue weighted by Crippen LogP contribution is 2.10. The number of rotatable bonds is 5. The molecular weight excluding hydrogens is 256 g/mol. The van der Waals surface area contributed by atoms with Gasteiger partial charge in [0.2, 0.25) is 0 Å². The maximum atomic E-state index is 11.0. The van der Waals surface area contributed by atoms with Gasteiger partial charge in [0.15, 0.2) is 5.69 Å². The number of aromatic carboxylic acids is 1. The summed E-state index contributed by atoms with van der Waals surface area (Å²) < 4.78 is 0. The van der Waals surface area contributed by atoms with Crippen LogP contribution in [0.1, 0.15) is 15.5 Å².